The molecule has 0 unspecified atom stereocenters. The first kappa shape index (κ1) is 24.8. The van der Waals surface area contributed by atoms with Gasteiger partial charge < -0.3 is 19.5 Å². The Morgan fingerprint density at radius 2 is 1.97 bits per heavy atom. The lowest BCUT2D eigenvalue weighted by Crippen LogP contribution is -2.32. The van der Waals surface area contributed by atoms with Crippen molar-refractivity contribution in [1.29, 1.82) is 0 Å². The summed E-state index contributed by atoms with van der Waals surface area (Å²) in [7, 11) is 4.09. The summed E-state index contributed by atoms with van der Waals surface area (Å²) in [6, 6.07) is 9.66. The number of halogens is 1. The number of fused-ring (bicyclic) bond motifs is 3. The Morgan fingerprint density at radius 1 is 1.13 bits per heavy atom. The fourth-order valence-electron chi connectivity index (χ4n) is 5.72. The molecule has 38 heavy (non-hydrogen) atoms. The molecule has 0 amide bonds. The lowest BCUT2D eigenvalue weighted by molar-refractivity contribution is 0.308. The van der Waals surface area contributed by atoms with Crippen molar-refractivity contribution in [3.63, 3.8) is 0 Å². The molecule has 0 atom stereocenters. The second kappa shape index (κ2) is 9.34. The molecule has 0 radical (unpaired) electrons. The number of benzene rings is 2. The van der Waals surface area contributed by atoms with Gasteiger partial charge in [0.2, 0.25) is 0 Å². The van der Waals surface area contributed by atoms with Gasteiger partial charge in [-0.1, -0.05) is 19.9 Å². The minimum Gasteiger partial charge on any atom is -0.491 e. The van der Waals surface area contributed by atoms with E-state index in [1.165, 1.54) is 11.3 Å². The minimum atomic E-state index is -0.307. The summed E-state index contributed by atoms with van der Waals surface area (Å²) in [5.41, 5.74) is 6.10. The topological polar surface area (TPSA) is 70.2 Å². The van der Waals surface area contributed by atoms with Crippen molar-refractivity contribution in [1.82, 2.24) is 24.8 Å². The maximum Gasteiger partial charge on any atom is 0.158 e. The number of nitrogens with one attached hydrogen (secondary N) is 1. The lowest BCUT2D eigenvalue weighted by Gasteiger charge is -2.34. The van der Waals surface area contributed by atoms with E-state index in [0.29, 0.717) is 42.1 Å². The first-order valence-electron chi connectivity index (χ1n) is 13.4. The molecular formula is C30H35FN6O. The summed E-state index contributed by atoms with van der Waals surface area (Å²) >= 11 is 0. The number of rotatable bonds is 4. The third-order valence-electron chi connectivity index (χ3n) is 7.63. The summed E-state index contributed by atoms with van der Waals surface area (Å²) < 4.78 is 21.7. The van der Waals surface area contributed by atoms with E-state index in [1.807, 2.05) is 45.3 Å². The highest BCUT2D eigenvalue weighted by Gasteiger charge is 2.31. The van der Waals surface area contributed by atoms with Crippen LogP contribution in [0.15, 0.2) is 30.3 Å². The number of aromatic nitrogens is 4. The van der Waals surface area contributed by atoms with Crippen LogP contribution in [0.4, 0.5) is 10.2 Å². The number of hydrogen-bond acceptors (Lipinski definition) is 6. The van der Waals surface area contributed by atoms with Crippen molar-refractivity contribution in [2.75, 3.05) is 32.1 Å². The molecule has 198 valence electrons. The van der Waals surface area contributed by atoms with Gasteiger partial charge in [0.25, 0.3) is 0 Å². The van der Waals surface area contributed by atoms with Crippen molar-refractivity contribution >= 4 is 16.9 Å². The van der Waals surface area contributed by atoms with Crippen LogP contribution in [0.5, 0.6) is 5.75 Å². The molecule has 0 saturated carbocycles. The number of hydrogen-bond donors (Lipinski definition) is 1. The number of aromatic amines is 1. The van der Waals surface area contributed by atoms with E-state index in [9.17, 15) is 0 Å². The first-order valence-corrected chi connectivity index (χ1v) is 13.4. The molecule has 0 spiro atoms. The Hall–Kier alpha value is -3.52. The zero-order chi connectivity index (χ0) is 26.6. The quantitative estimate of drug-likeness (QED) is 0.391. The molecule has 0 saturated heterocycles. The highest BCUT2D eigenvalue weighted by atomic mass is 19.1. The van der Waals surface area contributed by atoms with Gasteiger partial charge in [-0.25, -0.2) is 19.3 Å². The molecule has 6 rings (SSSR count). The molecule has 0 fully saturated rings. The van der Waals surface area contributed by atoms with Gasteiger partial charge in [0.1, 0.15) is 35.3 Å². The second-order valence-electron chi connectivity index (χ2n) is 11.7. The first-order chi connectivity index (χ1) is 18.2. The van der Waals surface area contributed by atoms with Gasteiger partial charge in [-0.15, -0.1) is 0 Å². The van der Waals surface area contributed by atoms with E-state index >= 15 is 4.39 Å². The molecule has 4 aromatic rings. The molecule has 1 aliphatic carbocycles. The smallest absolute Gasteiger partial charge is 0.158 e. The fraction of sp³-hybridized carbons (Fsp3) is 0.433. The number of nitrogens with zero attached hydrogens (tertiary/aromatic N) is 5. The third kappa shape index (κ3) is 4.62. The van der Waals surface area contributed by atoms with Gasteiger partial charge in [0.15, 0.2) is 5.82 Å². The predicted octanol–water partition coefficient (Wildman–Crippen LogP) is 5.44. The summed E-state index contributed by atoms with van der Waals surface area (Å²) in [6.45, 7) is 9.11. The van der Waals surface area contributed by atoms with Gasteiger partial charge in [-0.05, 0) is 75.5 Å². The van der Waals surface area contributed by atoms with Gasteiger partial charge in [0.05, 0.1) is 18.6 Å². The van der Waals surface area contributed by atoms with Crippen LogP contribution in [-0.4, -0.2) is 52.1 Å². The van der Waals surface area contributed by atoms with Gasteiger partial charge in [0, 0.05) is 28.9 Å². The van der Waals surface area contributed by atoms with Crippen LogP contribution in [0.2, 0.25) is 0 Å². The van der Waals surface area contributed by atoms with Crippen molar-refractivity contribution in [2.24, 2.45) is 5.41 Å². The Morgan fingerprint density at radius 3 is 2.79 bits per heavy atom. The fourth-order valence-corrected chi connectivity index (χ4v) is 5.72. The van der Waals surface area contributed by atoms with E-state index in [1.54, 1.807) is 0 Å². The van der Waals surface area contributed by atoms with Crippen LogP contribution in [0.1, 0.15) is 48.7 Å². The zero-order valence-corrected chi connectivity index (χ0v) is 22.9. The van der Waals surface area contributed by atoms with Crippen LogP contribution in [0.3, 0.4) is 0 Å². The van der Waals surface area contributed by atoms with E-state index < -0.39 is 0 Å². The summed E-state index contributed by atoms with van der Waals surface area (Å²) in [5, 5.41) is 0. The Balaban J connectivity index is 1.40. The SMILES string of the molecule is Cc1nc2c(F)c(-c3ccc4c(c3)CN(c3nc(CN(C)C)nc5c3CC(C)(C)CC5)CCO4)ccc2[nH]1. The normalized spacial score (nSPS) is 16.8. The van der Waals surface area contributed by atoms with E-state index in [2.05, 4.69) is 39.7 Å². The van der Waals surface area contributed by atoms with Crippen molar-refractivity contribution in [3.8, 4) is 16.9 Å². The molecule has 2 aliphatic rings. The van der Waals surface area contributed by atoms with Crippen LogP contribution < -0.4 is 9.64 Å². The van der Waals surface area contributed by atoms with Gasteiger partial charge >= 0.3 is 0 Å². The highest BCUT2D eigenvalue weighted by molar-refractivity contribution is 5.83. The van der Waals surface area contributed by atoms with Crippen LogP contribution in [-0.2, 0) is 25.9 Å². The molecule has 2 aromatic carbocycles. The average Bonchev–Trinajstić information content (AvgIpc) is 3.12. The van der Waals surface area contributed by atoms with Gasteiger partial charge in [-0.3, -0.25) is 0 Å². The Labute approximate surface area is 223 Å². The van der Waals surface area contributed by atoms with E-state index in [0.717, 1.165) is 54.3 Å². The molecule has 7 nitrogen and oxygen atoms in total. The number of anilines is 1. The molecule has 1 N–H and O–H groups in total. The molecule has 3 heterocycles. The zero-order valence-electron chi connectivity index (χ0n) is 22.9. The Kier molecular flexibility index (Phi) is 6.10. The molecular weight excluding hydrogens is 479 g/mol. The van der Waals surface area contributed by atoms with Crippen LogP contribution >= 0.6 is 0 Å². The van der Waals surface area contributed by atoms with Crippen LogP contribution in [0, 0.1) is 18.2 Å². The molecule has 8 heteroatoms. The number of aryl methyl sites for hydroxylation is 2. The van der Waals surface area contributed by atoms with E-state index in [-0.39, 0.29) is 11.2 Å². The number of imidazole rings is 1. The molecule has 1 aliphatic heterocycles. The standard InChI is InChI=1S/C30H35FN6O/c1-18-32-24-8-7-21(27(31)28(24)33-18)19-6-9-25-20(14-19)16-37(12-13-38-25)29-22-15-30(2,3)11-10-23(22)34-26(35-29)17-36(4)5/h6-9,14H,10-13,15-17H2,1-5H3,(H,32,33). The number of H-pyrrole nitrogens is 1. The van der Waals surface area contributed by atoms with Crippen LogP contribution in [0.25, 0.3) is 22.2 Å². The maximum atomic E-state index is 15.5. The van der Waals surface area contributed by atoms with Crippen molar-refractivity contribution < 1.29 is 9.13 Å². The number of ether oxygens (including phenoxy) is 1. The lowest BCUT2D eigenvalue weighted by atomic mass is 9.76. The molecule has 2 aromatic heterocycles. The van der Waals surface area contributed by atoms with Gasteiger partial charge in [-0.2, -0.15) is 0 Å². The monoisotopic (exact) mass is 514 g/mol. The average molecular weight is 515 g/mol. The summed E-state index contributed by atoms with van der Waals surface area (Å²) in [4.78, 5) is 22.0. The second-order valence-corrected chi connectivity index (χ2v) is 11.7. The summed E-state index contributed by atoms with van der Waals surface area (Å²) in [6.07, 6.45) is 3.05. The Bertz CT molecular complexity index is 1530. The minimum absolute atomic E-state index is 0.211. The third-order valence-corrected chi connectivity index (χ3v) is 7.63. The van der Waals surface area contributed by atoms with Crippen molar-refractivity contribution in [2.45, 2.75) is 53.1 Å². The predicted molar refractivity (Wildman–Crippen MR) is 148 cm³/mol. The van der Waals surface area contributed by atoms with E-state index in [4.69, 9.17) is 14.7 Å². The van der Waals surface area contributed by atoms with Crippen molar-refractivity contribution in [3.05, 3.63) is 64.6 Å². The summed E-state index contributed by atoms with van der Waals surface area (Å²) in [5.74, 6) is 3.10. The maximum absolute atomic E-state index is 15.5. The molecule has 0 bridgehead atoms. The largest absolute Gasteiger partial charge is 0.491 e. The highest BCUT2D eigenvalue weighted by Crippen LogP contribution is 2.39.